The summed E-state index contributed by atoms with van der Waals surface area (Å²) in [6, 6.07) is 19.0. The molecule has 2 aromatic carbocycles. The summed E-state index contributed by atoms with van der Waals surface area (Å²) in [5.74, 6) is -0.499. The molecule has 1 heterocycles. The molecule has 0 spiro atoms. The maximum atomic E-state index is 12.8. The molecular formula is C21H26ClN5O. The fraction of sp³-hybridized carbons (Fsp3) is 0.286. The van der Waals surface area contributed by atoms with Gasteiger partial charge in [0.25, 0.3) is 0 Å². The van der Waals surface area contributed by atoms with Crippen LogP contribution in [0.25, 0.3) is 5.69 Å². The van der Waals surface area contributed by atoms with Crippen LogP contribution in [0.2, 0.25) is 0 Å². The van der Waals surface area contributed by atoms with Crippen LogP contribution in [-0.4, -0.2) is 20.9 Å². The third-order valence-electron chi connectivity index (χ3n) is 4.73. The van der Waals surface area contributed by atoms with Crippen LogP contribution in [-0.2, 0) is 10.3 Å². The zero-order valence-corrected chi connectivity index (χ0v) is 17.1. The monoisotopic (exact) mass is 399 g/mol. The minimum absolute atomic E-state index is 0. The molecule has 1 amide bonds. The van der Waals surface area contributed by atoms with E-state index in [9.17, 15) is 4.79 Å². The molecule has 0 aliphatic rings. The van der Waals surface area contributed by atoms with Crippen molar-refractivity contribution in [1.82, 2.24) is 20.3 Å². The van der Waals surface area contributed by atoms with Gasteiger partial charge < -0.3 is 11.1 Å². The smallest absolute Gasteiger partial charge is 0.225 e. The number of carbonyl (C=O) groups excluding carboxylic acids is 1. The molecule has 0 saturated heterocycles. The van der Waals surface area contributed by atoms with Crippen molar-refractivity contribution in [2.45, 2.75) is 32.4 Å². The summed E-state index contributed by atoms with van der Waals surface area (Å²) in [6.45, 7) is 5.65. The lowest BCUT2D eigenvalue weighted by Crippen LogP contribution is -2.45. The van der Waals surface area contributed by atoms with E-state index in [0.717, 1.165) is 11.3 Å². The molecule has 0 radical (unpaired) electrons. The van der Waals surface area contributed by atoms with Crippen molar-refractivity contribution in [2.24, 2.45) is 11.7 Å². The van der Waals surface area contributed by atoms with Crippen LogP contribution in [0, 0.1) is 5.92 Å². The Balaban J connectivity index is 0.00000280. The quantitative estimate of drug-likeness (QED) is 0.665. The highest BCUT2D eigenvalue weighted by molar-refractivity contribution is 5.85. The summed E-state index contributed by atoms with van der Waals surface area (Å²) in [7, 11) is 0. The first-order valence-electron chi connectivity index (χ1n) is 8.99. The first-order valence-corrected chi connectivity index (χ1v) is 8.99. The molecule has 28 heavy (non-hydrogen) atoms. The fourth-order valence-electron chi connectivity index (χ4n) is 2.87. The number of rotatable bonds is 6. The minimum Gasteiger partial charge on any atom is -0.345 e. The van der Waals surface area contributed by atoms with Crippen molar-refractivity contribution in [1.29, 1.82) is 0 Å². The number of hydrogen-bond donors (Lipinski definition) is 2. The SMILES string of the molecule is CC(C(=O)NC(C)(C)c1cn(-c2ccccc2)nn1)C(N)c1ccccc1.Cl. The van der Waals surface area contributed by atoms with Crippen LogP contribution in [0.5, 0.6) is 0 Å². The van der Waals surface area contributed by atoms with Gasteiger partial charge in [0.15, 0.2) is 0 Å². The highest BCUT2D eigenvalue weighted by Crippen LogP contribution is 2.23. The zero-order chi connectivity index (χ0) is 19.4. The number of hydrogen-bond acceptors (Lipinski definition) is 4. The zero-order valence-electron chi connectivity index (χ0n) is 16.2. The van der Waals surface area contributed by atoms with Gasteiger partial charge in [0.2, 0.25) is 5.91 Å². The highest BCUT2D eigenvalue weighted by Gasteiger charge is 2.30. The Morgan fingerprint density at radius 1 is 1.07 bits per heavy atom. The van der Waals surface area contributed by atoms with Crippen molar-refractivity contribution in [3.8, 4) is 5.69 Å². The first-order chi connectivity index (χ1) is 12.9. The molecule has 3 aromatic rings. The van der Waals surface area contributed by atoms with Gasteiger partial charge in [-0.25, -0.2) is 4.68 Å². The summed E-state index contributed by atoms with van der Waals surface area (Å²) >= 11 is 0. The molecule has 0 bridgehead atoms. The lowest BCUT2D eigenvalue weighted by molar-refractivity contribution is -0.126. The van der Waals surface area contributed by atoms with Gasteiger partial charge in [-0.05, 0) is 31.5 Å². The molecule has 3 rings (SSSR count). The lowest BCUT2D eigenvalue weighted by Gasteiger charge is -2.28. The third-order valence-corrected chi connectivity index (χ3v) is 4.73. The summed E-state index contributed by atoms with van der Waals surface area (Å²) in [4.78, 5) is 12.8. The molecule has 0 aliphatic heterocycles. The summed E-state index contributed by atoms with van der Waals surface area (Å²) < 4.78 is 1.70. The number of aromatic nitrogens is 3. The van der Waals surface area contributed by atoms with E-state index in [1.54, 1.807) is 4.68 Å². The van der Waals surface area contributed by atoms with E-state index in [2.05, 4.69) is 15.6 Å². The lowest BCUT2D eigenvalue weighted by atomic mass is 9.92. The molecule has 0 saturated carbocycles. The number of para-hydroxylation sites is 1. The van der Waals surface area contributed by atoms with E-state index in [4.69, 9.17) is 5.73 Å². The molecular weight excluding hydrogens is 374 g/mol. The fourth-order valence-corrected chi connectivity index (χ4v) is 2.87. The number of nitrogens with two attached hydrogens (primary N) is 1. The van der Waals surface area contributed by atoms with Gasteiger partial charge in [0.05, 0.1) is 23.3 Å². The van der Waals surface area contributed by atoms with Crippen LogP contribution in [0.4, 0.5) is 0 Å². The van der Waals surface area contributed by atoms with Gasteiger partial charge in [-0.2, -0.15) is 0 Å². The second-order valence-corrected chi connectivity index (χ2v) is 7.22. The first kappa shape index (κ1) is 21.6. The van der Waals surface area contributed by atoms with Crippen molar-refractivity contribution < 1.29 is 4.79 Å². The molecule has 1 aromatic heterocycles. The predicted octanol–water partition coefficient (Wildman–Crippen LogP) is 3.38. The van der Waals surface area contributed by atoms with Crippen LogP contribution in [0.15, 0.2) is 66.9 Å². The maximum Gasteiger partial charge on any atom is 0.225 e. The van der Waals surface area contributed by atoms with Gasteiger partial charge in [-0.1, -0.05) is 60.7 Å². The predicted molar refractivity (Wildman–Crippen MR) is 112 cm³/mol. The molecule has 3 N–H and O–H groups in total. The van der Waals surface area contributed by atoms with Crippen molar-refractivity contribution in [3.63, 3.8) is 0 Å². The molecule has 2 atom stereocenters. The van der Waals surface area contributed by atoms with Crippen LogP contribution >= 0.6 is 12.4 Å². The van der Waals surface area contributed by atoms with Gasteiger partial charge in [0, 0.05) is 6.04 Å². The summed E-state index contributed by atoms with van der Waals surface area (Å²) in [5, 5.41) is 11.5. The average Bonchev–Trinajstić information content (AvgIpc) is 3.19. The Kier molecular flexibility index (Phi) is 6.94. The van der Waals surface area contributed by atoms with E-state index in [1.807, 2.05) is 87.6 Å². The standard InChI is InChI=1S/C21H25N5O.ClH/c1-15(19(22)16-10-6-4-7-11-16)20(27)23-21(2,3)18-14-26(25-24-18)17-12-8-5-9-13-17;/h4-15,19H,22H2,1-3H3,(H,23,27);1H. The van der Waals surface area contributed by atoms with E-state index >= 15 is 0 Å². The van der Waals surface area contributed by atoms with Crippen LogP contribution in [0.1, 0.15) is 38.1 Å². The van der Waals surface area contributed by atoms with E-state index in [-0.39, 0.29) is 30.3 Å². The molecule has 7 heteroatoms. The van der Waals surface area contributed by atoms with Crippen molar-refractivity contribution in [3.05, 3.63) is 78.1 Å². The minimum atomic E-state index is -0.672. The molecule has 2 unspecified atom stereocenters. The number of nitrogens with zero attached hydrogens (tertiary/aromatic N) is 3. The molecule has 148 valence electrons. The van der Waals surface area contributed by atoms with E-state index in [1.165, 1.54) is 0 Å². The Hall–Kier alpha value is -2.70. The average molecular weight is 400 g/mol. The van der Waals surface area contributed by atoms with Crippen molar-refractivity contribution in [2.75, 3.05) is 0 Å². The van der Waals surface area contributed by atoms with Crippen molar-refractivity contribution >= 4 is 18.3 Å². The van der Waals surface area contributed by atoms with E-state index < -0.39 is 5.54 Å². The maximum absolute atomic E-state index is 12.8. The molecule has 0 aliphatic carbocycles. The van der Waals surface area contributed by atoms with Crippen LogP contribution < -0.4 is 11.1 Å². The van der Waals surface area contributed by atoms with Gasteiger partial charge in [-0.3, -0.25) is 4.79 Å². The third kappa shape index (κ3) is 4.77. The summed E-state index contributed by atoms with van der Waals surface area (Å²) in [5.41, 5.74) is 8.15. The second-order valence-electron chi connectivity index (χ2n) is 7.22. The van der Waals surface area contributed by atoms with Gasteiger partial charge >= 0.3 is 0 Å². The number of amides is 1. The summed E-state index contributed by atoms with van der Waals surface area (Å²) in [6.07, 6.45) is 1.83. The Labute approximate surface area is 171 Å². The molecule has 0 fully saturated rings. The largest absolute Gasteiger partial charge is 0.345 e. The highest BCUT2D eigenvalue weighted by atomic mass is 35.5. The second kappa shape index (κ2) is 8.99. The van der Waals surface area contributed by atoms with Gasteiger partial charge in [0.1, 0.15) is 5.69 Å². The number of benzene rings is 2. The Morgan fingerprint density at radius 2 is 1.64 bits per heavy atom. The number of carbonyl (C=O) groups is 1. The van der Waals surface area contributed by atoms with Crippen LogP contribution in [0.3, 0.4) is 0 Å². The number of halogens is 1. The Morgan fingerprint density at radius 3 is 2.25 bits per heavy atom. The van der Waals surface area contributed by atoms with Gasteiger partial charge in [-0.15, -0.1) is 17.5 Å². The topological polar surface area (TPSA) is 85.8 Å². The Bertz CT molecular complexity index is 895. The molecule has 6 nitrogen and oxygen atoms in total. The number of nitrogens with one attached hydrogen (secondary N) is 1. The van der Waals surface area contributed by atoms with E-state index in [0.29, 0.717) is 5.69 Å². The normalized spacial score (nSPS) is 13.3.